The summed E-state index contributed by atoms with van der Waals surface area (Å²) in [7, 11) is 0. The first-order chi connectivity index (χ1) is 6.86. The Bertz CT molecular complexity index is 354. The molecule has 84 valence electrons. The van der Waals surface area contributed by atoms with Crippen LogP contribution in [0.3, 0.4) is 0 Å². The van der Waals surface area contributed by atoms with E-state index in [1.807, 2.05) is 0 Å². The van der Waals surface area contributed by atoms with Crippen LogP contribution in [0.15, 0.2) is 18.2 Å². The largest absolute Gasteiger partial charge is 0.342 e. The van der Waals surface area contributed by atoms with Crippen LogP contribution in [-0.4, -0.2) is 5.38 Å². The molecule has 1 rings (SSSR count). The molecule has 1 unspecified atom stereocenters. The quantitative estimate of drug-likeness (QED) is 0.497. The molecule has 1 atom stereocenters. The minimum atomic E-state index is -3.66. The second-order valence-electron chi connectivity index (χ2n) is 2.81. The number of halogens is 5. The van der Waals surface area contributed by atoms with Crippen molar-refractivity contribution in [2.24, 2.45) is 5.84 Å². The fourth-order valence-electron chi connectivity index (χ4n) is 1.10. The highest BCUT2D eigenvalue weighted by molar-refractivity contribution is 6.31. The van der Waals surface area contributed by atoms with E-state index in [2.05, 4.69) is 0 Å². The van der Waals surface area contributed by atoms with Crippen LogP contribution in [0.5, 0.6) is 0 Å². The first kappa shape index (κ1) is 12.6. The summed E-state index contributed by atoms with van der Waals surface area (Å²) >= 11 is 10.4. The van der Waals surface area contributed by atoms with Gasteiger partial charge in [0.05, 0.1) is 0 Å². The Morgan fingerprint density at radius 2 is 2.00 bits per heavy atom. The van der Waals surface area contributed by atoms with E-state index < -0.39 is 17.2 Å². The summed E-state index contributed by atoms with van der Waals surface area (Å²) in [5.41, 5.74) is 1.60. The predicted octanol–water partition coefficient (Wildman–Crippen LogP) is 2.82. The van der Waals surface area contributed by atoms with Gasteiger partial charge < -0.3 is 0 Å². The Morgan fingerprint density at radius 1 is 1.40 bits per heavy atom. The number of rotatable bonds is 3. The van der Waals surface area contributed by atoms with E-state index in [9.17, 15) is 13.2 Å². The van der Waals surface area contributed by atoms with Gasteiger partial charge in [-0.15, -0.1) is 0 Å². The molecule has 1 aromatic carbocycles. The molecule has 0 aliphatic rings. The molecule has 0 aromatic heterocycles. The molecule has 0 saturated heterocycles. The molecule has 2 nitrogen and oxygen atoms in total. The molecule has 0 heterocycles. The SMILES string of the molecule is NNC(c1cc(F)ccc1Cl)C(F)(F)Cl. The van der Waals surface area contributed by atoms with Gasteiger partial charge in [0, 0.05) is 5.02 Å². The van der Waals surface area contributed by atoms with Gasteiger partial charge >= 0.3 is 5.38 Å². The number of hydrogen-bond donors (Lipinski definition) is 2. The minimum Gasteiger partial charge on any atom is -0.271 e. The Labute approximate surface area is 94.1 Å². The first-order valence-electron chi connectivity index (χ1n) is 3.84. The van der Waals surface area contributed by atoms with E-state index in [0.29, 0.717) is 0 Å². The average molecular weight is 259 g/mol. The average Bonchev–Trinajstić information content (AvgIpc) is 2.10. The molecule has 0 bridgehead atoms. The van der Waals surface area contributed by atoms with Gasteiger partial charge in [-0.05, 0) is 35.4 Å². The summed E-state index contributed by atoms with van der Waals surface area (Å²) in [5, 5.41) is -3.70. The highest BCUT2D eigenvalue weighted by atomic mass is 35.5. The van der Waals surface area contributed by atoms with Crippen LogP contribution < -0.4 is 11.3 Å². The summed E-state index contributed by atoms with van der Waals surface area (Å²) in [6.07, 6.45) is 0. The number of hydrazine groups is 1. The molecular weight excluding hydrogens is 252 g/mol. The zero-order valence-corrected chi connectivity index (χ0v) is 8.79. The minimum absolute atomic E-state index is 0.0420. The Kier molecular flexibility index (Phi) is 3.83. The van der Waals surface area contributed by atoms with Crippen LogP contribution in [0.2, 0.25) is 5.02 Å². The third-order valence-electron chi connectivity index (χ3n) is 1.76. The van der Waals surface area contributed by atoms with Crippen molar-refractivity contribution in [3.63, 3.8) is 0 Å². The molecule has 7 heteroatoms. The smallest absolute Gasteiger partial charge is 0.271 e. The molecule has 15 heavy (non-hydrogen) atoms. The van der Waals surface area contributed by atoms with Crippen LogP contribution in [0.4, 0.5) is 13.2 Å². The molecular formula is C8H7Cl2F3N2. The number of nitrogens with one attached hydrogen (secondary N) is 1. The fraction of sp³-hybridized carbons (Fsp3) is 0.250. The molecule has 0 fully saturated rings. The zero-order valence-electron chi connectivity index (χ0n) is 7.28. The Morgan fingerprint density at radius 3 is 2.47 bits per heavy atom. The van der Waals surface area contributed by atoms with Crippen molar-refractivity contribution >= 4 is 23.2 Å². The van der Waals surface area contributed by atoms with Crippen molar-refractivity contribution in [1.29, 1.82) is 0 Å². The van der Waals surface area contributed by atoms with E-state index in [0.717, 1.165) is 18.2 Å². The molecule has 0 aliphatic heterocycles. The fourth-order valence-corrected chi connectivity index (χ4v) is 1.50. The van der Waals surface area contributed by atoms with Gasteiger partial charge in [0.1, 0.15) is 11.9 Å². The van der Waals surface area contributed by atoms with Crippen molar-refractivity contribution in [3.05, 3.63) is 34.6 Å². The van der Waals surface area contributed by atoms with E-state index in [4.69, 9.17) is 29.0 Å². The molecule has 0 amide bonds. The van der Waals surface area contributed by atoms with Gasteiger partial charge in [-0.2, -0.15) is 8.78 Å². The number of alkyl halides is 3. The third kappa shape index (κ3) is 2.98. The van der Waals surface area contributed by atoms with Crippen molar-refractivity contribution in [2.75, 3.05) is 0 Å². The lowest BCUT2D eigenvalue weighted by Crippen LogP contribution is -2.38. The normalized spacial score (nSPS) is 14.0. The molecule has 3 N–H and O–H groups in total. The number of hydrogen-bond acceptors (Lipinski definition) is 2. The van der Waals surface area contributed by atoms with E-state index >= 15 is 0 Å². The summed E-state index contributed by atoms with van der Waals surface area (Å²) in [6.45, 7) is 0. The summed E-state index contributed by atoms with van der Waals surface area (Å²) in [5.74, 6) is 4.22. The lowest BCUT2D eigenvalue weighted by molar-refractivity contribution is 0.0497. The van der Waals surface area contributed by atoms with Gasteiger partial charge in [-0.3, -0.25) is 5.84 Å². The van der Waals surface area contributed by atoms with E-state index in [-0.39, 0.29) is 10.6 Å². The summed E-state index contributed by atoms with van der Waals surface area (Å²) < 4.78 is 38.5. The van der Waals surface area contributed by atoms with Crippen molar-refractivity contribution < 1.29 is 13.2 Å². The Balaban J connectivity index is 3.18. The van der Waals surface area contributed by atoms with E-state index in [1.54, 1.807) is 5.43 Å². The second-order valence-corrected chi connectivity index (χ2v) is 3.72. The predicted molar refractivity (Wildman–Crippen MR) is 52.3 cm³/mol. The van der Waals surface area contributed by atoms with Crippen LogP contribution in [0, 0.1) is 5.82 Å². The first-order valence-corrected chi connectivity index (χ1v) is 4.59. The van der Waals surface area contributed by atoms with Crippen molar-refractivity contribution in [2.45, 2.75) is 11.4 Å². The maximum Gasteiger partial charge on any atom is 0.342 e. The van der Waals surface area contributed by atoms with Crippen LogP contribution in [-0.2, 0) is 0 Å². The Hall–Kier alpha value is -0.490. The van der Waals surface area contributed by atoms with Crippen LogP contribution in [0.25, 0.3) is 0 Å². The summed E-state index contributed by atoms with van der Waals surface area (Å²) in [4.78, 5) is 0. The summed E-state index contributed by atoms with van der Waals surface area (Å²) in [6, 6.07) is 1.30. The van der Waals surface area contributed by atoms with Crippen LogP contribution >= 0.6 is 23.2 Å². The van der Waals surface area contributed by atoms with E-state index in [1.165, 1.54) is 0 Å². The maximum absolute atomic E-state index is 12.8. The third-order valence-corrected chi connectivity index (χ3v) is 2.33. The molecule has 0 aliphatic carbocycles. The highest BCUT2D eigenvalue weighted by Gasteiger charge is 2.38. The topological polar surface area (TPSA) is 38.0 Å². The molecule has 0 radical (unpaired) electrons. The monoisotopic (exact) mass is 258 g/mol. The number of benzene rings is 1. The van der Waals surface area contributed by atoms with Gasteiger partial charge in [0.15, 0.2) is 0 Å². The van der Waals surface area contributed by atoms with Gasteiger partial charge in [0.2, 0.25) is 0 Å². The van der Waals surface area contributed by atoms with Crippen LogP contribution in [0.1, 0.15) is 11.6 Å². The lowest BCUT2D eigenvalue weighted by atomic mass is 10.1. The molecule has 0 saturated carbocycles. The zero-order chi connectivity index (χ0) is 11.6. The van der Waals surface area contributed by atoms with Crippen molar-refractivity contribution in [1.82, 2.24) is 5.43 Å². The highest BCUT2D eigenvalue weighted by Crippen LogP contribution is 2.37. The molecule has 1 aromatic rings. The molecule has 0 spiro atoms. The van der Waals surface area contributed by atoms with Crippen molar-refractivity contribution in [3.8, 4) is 0 Å². The second kappa shape index (κ2) is 4.57. The maximum atomic E-state index is 12.8. The van der Waals surface area contributed by atoms with Gasteiger partial charge in [0.25, 0.3) is 0 Å². The van der Waals surface area contributed by atoms with Gasteiger partial charge in [-0.25, -0.2) is 9.82 Å². The lowest BCUT2D eigenvalue weighted by Gasteiger charge is -2.21. The number of nitrogens with two attached hydrogens (primary N) is 1. The standard InChI is InChI=1S/C8H7Cl2F3N2/c9-6-2-1-4(11)3-5(6)7(15-14)8(10,12)13/h1-3,7,15H,14H2. The van der Waals surface area contributed by atoms with Gasteiger partial charge in [-0.1, -0.05) is 11.6 Å².